The molecule has 0 aliphatic heterocycles. The van der Waals surface area contributed by atoms with E-state index in [4.69, 9.17) is 0 Å². The monoisotopic (exact) mass is 205 g/mol. The van der Waals surface area contributed by atoms with Crippen molar-refractivity contribution < 1.29 is 0 Å². The molecule has 0 N–H and O–H groups in total. The van der Waals surface area contributed by atoms with Gasteiger partial charge in [0.1, 0.15) is 0 Å². The Kier molecular flexibility index (Phi) is 2.83. The van der Waals surface area contributed by atoms with E-state index in [1.165, 1.54) is 21.5 Å². The van der Waals surface area contributed by atoms with Gasteiger partial charge >= 0.3 is 0 Å². The van der Waals surface area contributed by atoms with E-state index in [1.807, 2.05) is 0 Å². The van der Waals surface area contributed by atoms with Crippen LogP contribution in [0.5, 0.6) is 0 Å². The second-order valence-electron chi connectivity index (χ2n) is 4.68. The molecule has 1 aromatic rings. The fourth-order valence-electron chi connectivity index (χ4n) is 1.44. The Labute approximate surface area is 85.8 Å². The highest BCUT2D eigenvalue weighted by Crippen LogP contribution is 2.05. The summed E-state index contributed by atoms with van der Waals surface area (Å²) in [4.78, 5) is 0. The Morgan fingerprint density at radius 2 is 1.62 bits per heavy atom. The Hall–Kier alpha value is -0.346. The van der Waals surface area contributed by atoms with Crippen LogP contribution in [0, 0.1) is 13.8 Å². The molecule has 69 valence electrons. The molecule has 0 aromatic heterocycles. The third kappa shape index (κ3) is 2.12. The summed E-state index contributed by atoms with van der Waals surface area (Å²) < 4.78 is 0. The third-order valence-corrected chi connectivity index (χ3v) is 5.47. The number of aryl methyl sites for hydroxylation is 1. The topological polar surface area (TPSA) is 0 Å². The maximum atomic E-state index is 3.75. The molecule has 0 aliphatic rings. The molecule has 0 unspecified atom stereocenters. The molecule has 0 amide bonds. The quantitative estimate of drug-likeness (QED) is 0.612. The summed E-state index contributed by atoms with van der Waals surface area (Å²) in [6.07, 6.45) is 0. The Bertz CT molecular complexity index is 322. The van der Waals surface area contributed by atoms with Gasteiger partial charge < -0.3 is 0 Å². The van der Waals surface area contributed by atoms with Gasteiger partial charge in [0.15, 0.2) is 0 Å². The van der Waals surface area contributed by atoms with Crippen LogP contribution in [-0.2, 0) is 0 Å². The van der Waals surface area contributed by atoms with Crippen LogP contribution in [0.15, 0.2) is 12.1 Å². The van der Waals surface area contributed by atoms with Crippen molar-refractivity contribution in [3.05, 3.63) is 23.3 Å². The molecule has 0 nitrogen and oxygen atoms in total. The first-order valence-corrected chi connectivity index (χ1v) is 8.66. The van der Waals surface area contributed by atoms with Crippen molar-refractivity contribution in [3.8, 4) is 0 Å². The van der Waals surface area contributed by atoms with E-state index in [2.05, 4.69) is 55.9 Å². The highest BCUT2D eigenvalue weighted by atomic mass is 28.3. The fourth-order valence-corrected chi connectivity index (χ4v) is 4.37. The average molecular weight is 205 g/mol. The predicted octanol–water partition coefficient (Wildman–Crippen LogP) is 1.64. The van der Waals surface area contributed by atoms with Gasteiger partial charge in [-0.2, -0.15) is 0 Å². The van der Waals surface area contributed by atoms with Crippen LogP contribution in [0.3, 0.4) is 0 Å². The van der Waals surface area contributed by atoms with Gasteiger partial charge in [0.25, 0.3) is 0 Å². The van der Waals surface area contributed by atoms with Gasteiger partial charge in [0, 0.05) is 0 Å². The van der Waals surface area contributed by atoms with E-state index < -0.39 is 8.07 Å². The van der Waals surface area contributed by atoms with Crippen molar-refractivity contribution >= 4 is 28.7 Å². The van der Waals surface area contributed by atoms with Crippen LogP contribution < -0.4 is 10.4 Å². The smallest absolute Gasteiger partial charge is 0.0656 e. The zero-order valence-corrected chi connectivity index (χ0v) is 11.2. The van der Waals surface area contributed by atoms with Crippen molar-refractivity contribution in [3.63, 3.8) is 0 Å². The van der Waals surface area contributed by atoms with E-state index >= 15 is 0 Å². The second-order valence-corrected chi connectivity index (χ2v) is 10.2. The van der Waals surface area contributed by atoms with Crippen LogP contribution >= 0.6 is 0 Å². The fraction of sp³-hybridized carbons (Fsp3) is 0.455. The summed E-state index contributed by atoms with van der Waals surface area (Å²) in [6, 6.07) is 4.50. The van der Waals surface area contributed by atoms with Gasteiger partial charge in [-0.15, -0.1) is 0 Å². The molecule has 1 rings (SSSR count). The molecule has 0 atom stereocenters. The summed E-state index contributed by atoms with van der Waals surface area (Å²) in [5.41, 5.74) is 2.75. The van der Waals surface area contributed by atoms with E-state index in [0.717, 1.165) is 0 Å². The lowest BCUT2D eigenvalue weighted by molar-refractivity contribution is 1.37. The van der Waals surface area contributed by atoms with Gasteiger partial charge in [-0.1, -0.05) is 42.1 Å². The first-order valence-electron chi connectivity index (χ1n) is 4.66. The van der Waals surface area contributed by atoms with Crippen molar-refractivity contribution in [1.29, 1.82) is 0 Å². The first-order chi connectivity index (χ1) is 5.84. The summed E-state index contributed by atoms with van der Waals surface area (Å²) in [6.45, 7) is 11.5. The summed E-state index contributed by atoms with van der Waals surface area (Å²) in [5.74, 6) is 0. The van der Waals surface area contributed by atoms with Gasteiger partial charge in [0.2, 0.25) is 0 Å². The Morgan fingerprint density at radius 1 is 1.08 bits per heavy atom. The van der Waals surface area contributed by atoms with Crippen LogP contribution in [0.4, 0.5) is 0 Å². The second kappa shape index (κ2) is 3.42. The third-order valence-electron chi connectivity index (χ3n) is 2.54. The van der Waals surface area contributed by atoms with E-state index in [1.54, 1.807) is 0 Å². The molecule has 13 heavy (non-hydrogen) atoms. The molecule has 0 fully saturated rings. The molecule has 0 saturated carbocycles. The number of hydrogen-bond acceptors (Lipinski definition) is 0. The standard InChI is InChI=1S/C11H17Si2/c1-8-6-7-10(13(3,4)5)11(12)9(8)2/h6-7H,1-5H3. The molecule has 0 heterocycles. The largest absolute Gasteiger partial charge is 0.0774 e. The van der Waals surface area contributed by atoms with Crippen molar-refractivity contribution in [2.24, 2.45) is 0 Å². The lowest BCUT2D eigenvalue weighted by atomic mass is 10.1. The maximum Gasteiger partial charge on any atom is 0.0774 e. The average Bonchev–Trinajstić information content (AvgIpc) is 1.98. The molecule has 0 aliphatic carbocycles. The number of hydrogen-bond donors (Lipinski definition) is 0. The van der Waals surface area contributed by atoms with Crippen LogP contribution in [0.25, 0.3) is 0 Å². The van der Waals surface area contributed by atoms with E-state index in [-0.39, 0.29) is 0 Å². The predicted molar refractivity (Wildman–Crippen MR) is 64.3 cm³/mol. The molecule has 1 aromatic carbocycles. The van der Waals surface area contributed by atoms with E-state index in [0.29, 0.717) is 0 Å². The zero-order valence-electron chi connectivity index (χ0n) is 9.15. The summed E-state index contributed by atoms with van der Waals surface area (Å²) in [7, 11) is 2.57. The van der Waals surface area contributed by atoms with Crippen LogP contribution in [0.1, 0.15) is 11.1 Å². The lowest BCUT2D eigenvalue weighted by Gasteiger charge is -2.21. The highest BCUT2D eigenvalue weighted by Gasteiger charge is 2.19. The van der Waals surface area contributed by atoms with Gasteiger partial charge in [0.05, 0.1) is 18.3 Å². The molecule has 0 spiro atoms. The highest BCUT2D eigenvalue weighted by molar-refractivity contribution is 6.91. The Balaban J connectivity index is 3.35. The van der Waals surface area contributed by atoms with E-state index in [9.17, 15) is 0 Å². The molecule has 3 radical (unpaired) electrons. The molecule has 2 heteroatoms. The van der Waals surface area contributed by atoms with Crippen molar-refractivity contribution in [1.82, 2.24) is 0 Å². The lowest BCUT2D eigenvalue weighted by Crippen LogP contribution is -2.48. The van der Waals surface area contributed by atoms with Gasteiger partial charge in [-0.25, -0.2) is 0 Å². The molecular weight excluding hydrogens is 188 g/mol. The first kappa shape index (κ1) is 10.7. The molecule has 0 saturated heterocycles. The van der Waals surface area contributed by atoms with Gasteiger partial charge in [-0.05, 0) is 25.0 Å². The zero-order chi connectivity index (χ0) is 10.2. The Morgan fingerprint density at radius 3 is 2.08 bits per heavy atom. The molecular formula is C11H17Si2. The minimum Gasteiger partial charge on any atom is -0.0656 e. The minimum absolute atomic E-state index is 1.18. The molecule has 0 bridgehead atoms. The summed E-state index contributed by atoms with van der Waals surface area (Å²) >= 11 is 0. The maximum absolute atomic E-state index is 3.75. The number of rotatable bonds is 1. The van der Waals surface area contributed by atoms with Crippen LogP contribution in [-0.4, -0.2) is 18.3 Å². The summed E-state index contributed by atoms with van der Waals surface area (Å²) in [5, 5.41) is 2.84. The van der Waals surface area contributed by atoms with Gasteiger partial charge in [-0.3, -0.25) is 0 Å². The number of benzene rings is 1. The normalized spacial score (nSPS) is 11.8. The van der Waals surface area contributed by atoms with Crippen molar-refractivity contribution in [2.45, 2.75) is 33.5 Å². The minimum atomic E-state index is -1.18. The SMILES string of the molecule is Cc1ccc([Si](C)(C)C)c([Si])c1C. The van der Waals surface area contributed by atoms with Crippen LogP contribution in [0.2, 0.25) is 19.6 Å². The van der Waals surface area contributed by atoms with Crippen molar-refractivity contribution in [2.75, 3.05) is 0 Å².